The van der Waals surface area contributed by atoms with Gasteiger partial charge in [0.25, 0.3) is 11.4 Å². The minimum atomic E-state index is -0.687. The zero-order valence-corrected chi connectivity index (χ0v) is 16.8. The lowest BCUT2D eigenvalue weighted by Crippen LogP contribution is -2.01. The Morgan fingerprint density at radius 3 is 2.06 bits per heavy atom. The van der Waals surface area contributed by atoms with Crippen molar-refractivity contribution in [3.8, 4) is 17.1 Å². The van der Waals surface area contributed by atoms with Crippen LogP contribution in [-0.4, -0.2) is 29.4 Å². The lowest BCUT2D eigenvalue weighted by atomic mass is 10.1. The van der Waals surface area contributed by atoms with Crippen LogP contribution in [-0.2, 0) is 0 Å². The standard InChI is InChI=1S/C21H11ClN6O4/c22-13-4-3-5-14(10-13)26-20(12-8-15(27(29)30)11-16(9-12)28(31)32)25-19-21(26)24-18-7-2-1-6-17(18)23-19/h1-11H. The molecule has 5 aromatic rings. The van der Waals surface area contributed by atoms with E-state index in [0.29, 0.717) is 27.4 Å². The van der Waals surface area contributed by atoms with Crippen molar-refractivity contribution in [2.75, 3.05) is 0 Å². The molecule has 0 bridgehead atoms. The molecule has 0 unspecified atom stereocenters. The molecule has 0 saturated heterocycles. The second-order valence-electron chi connectivity index (χ2n) is 6.86. The van der Waals surface area contributed by atoms with Crippen molar-refractivity contribution in [3.63, 3.8) is 0 Å². The highest BCUT2D eigenvalue weighted by molar-refractivity contribution is 6.30. The van der Waals surface area contributed by atoms with E-state index in [1.807, 2.05) is 12.1 Å². The molecule has 0 aliphatic rings. The Hall–Kier alpha value is -4.44. The Labute approximate surface area is 184 Å². The molecule has 0 amide bonds. The SMILES string of the molecule is O=[N+]([O-])c1cc(-c2nc3nc4ccccc4nc3n2-c2cccc(Cl)c2)cc([N+](=O)[O-])c1. The van der Waals surface area contributed by atoms with Gasteiger partial charge in [-0.05, 0) is 30.3 Å². The van der Waals surface area contributed by atoms with Crippen LogP contribution in [0, 0.1) is 20.2 Å². The maximum Gasteiger partial charge on any atom is 0.277 e. The first-order valence-corrected chi connectivity index (χ1v) is 9.64. The minimum absolute atomic E-state index is 0.176. The lowest BCUT2D eigenvalue weighted by Gasteiger charge is -2.09. The summed E-state index contributed by atoms with van der Waals surface area (Å²) < 4.78 is 1.63. The van der Waals surface area contributed by atoms with Crippen molar-refractivity contribution < 1.29 is 9.85 Å². The fourth-order valence-corrected chi connectivity index (χ4v) is 3.63. The Morgan fingerprint density at radius 1 is 0.781 bits per heavy atom. The molecule has 11 heteroatoms. The van der Waals surface area contributed by atoms with E-state index in [0.717, 1.165) is 6.07 Å². The van der Waals surface area contributed by atoms with Crippen molar-refractivity contribution in [2.45, 2.75) is 0 Å². The highest BCUT2D eigenvalue weighted by Gasteiger charge is 2.23. The summed E-state index contributed by atoms with van der Waals surface area (Å²) in [6.07, 6.45) is 0. The molecule has 0 N–H and O–H groups in total. The number of nitro groups is 2. The van der Waals surface area contributed by atoms with Gasteiger partial charge in [0.2, 0.25) is 0 Å². The van der Waals surface area contributed by atoms with Gasteiger partial charge in [-0.2, -0.15) is 0 Å². The number of aromatic nitrogens is 4. The summed E-state index contributed by atoms with van der Waals surface area (Å²) in [7, 11) is 0. The maximum absolute atomic E-state index is 11.4. The number of rotatable bonds is 4. The number of fused-ring (bicyclic) bond motifs is 2. The summed E-state index contributed by atoms with van der Waals surface area (Å²) in [4.78, 5) is 35.2. The molecular formula is C21H11ClN6O4. The molecular weight excluding hydrogens is 436 g/mol. The molecule has 5 rings (SSSR count). The molecule has 0 aliphatic carbocycles. The van der Waals surface area contributed by atoms with Crippen molar-refractivity contribution in [2.24, 2.45) is 0 Å². The van der Waals surface area contributed by atoms with Gasteiger partial charge in [-0.25, -0.2) is 15.0 Å². The summed E-state index contributed by atoms with van der Waals surface area (Å²) in [5.41, 5.74) is 1.81. The second kappa shape index (κ2) is 7.36. The molecule has 3 aromatic carbocycles. The lowest BCUT2D eigenvalue weighted by molar-refractivity contribution is -0.394. The minimum Gasteiger partial charge on any atom is -0.275 e. The molecule has 0 radical (unpaired) electrons. The first kappa shape index (κ1) is 19.5. The Kier molecular flexibility index (Phi) is 4.49. The van der Waals surface area contributed by atoms with Crippen LogP contribution in [0.25, 0.3) is 39.4 Å². The number of halogens is 1. The molecule has 32 heavy (non-hydrogen) atoms. The average Bonchev–Trinajstić information content (AvgIpc) is 3.15. The highest BCUT2D eigenvalue weighted by atomic mass is 35.5. The maximum atomic E-state index is 11.4. The Bertz CT molecular complexity index is 1530. The first-order valence-electron chi connectivity index (χ1n) is 9.26. The van der Waals surface area contributed by atoms with Gasteiger partial charge >= 0.3 is 0 Å². The summed E-state index contributed by atoms with van der Waals surface area (Å²) in [6.45, 7) is 0. The van der Waals surface area contributed by atoms with Gasteiger partial charge in [0, 0.05) is 22.7 Å². The van der Waals surface area contributed by atoms with Crippen LogP contribution in [0.4, 0.5) is 11.4 Å². The molecule has 2 aromatic heterocycles. The van der Waals surface area contributed by atoms with Gasteiger partial charge in [0.15, 0.2) is 11.3 Å². The summed E-state index contributed by atoms with van der Waals surface area (Å²) in [5, 5.41) is 23.3. The quantitative estimate of drug-likeness (QED) is 0.277. The number of benzene rings is 3. The fourth-order valence-electron chi connectivity index (χ4n) is 3.45. The summed E-state index contributed by atoms with van der Waals surface area (Å²) in [6, 6.07) is 17.5. The topological polar surface area (TPSA) is 130 Å². The van der Waals surface area contributed by atoms with Crippen LogP contribution in [0.5, 0.6) is 0 Å². The van der Waals surface area contributed by atoms with Crippen LogP contribution in [0.3, 0.4) is 0 Å². The van der Waals surface area contributed by atoms with E-state index in [9.17, 15) is 20.2 Å². The van der Waals surface area contributed by atoms with Gasteiger partial charge in [0.1, 0.15) is 5.82 Å². The Morgan fingerprint density at radius 2 is 1.44 bits per heavy atom. The molecule has 2 heterocycles. The number of non-ortho nitro benzene ring substituents is 2. The van der Waals surface area contributed by atoms with Crippen molar-refractivity contribution in [3.05, 3.63) is 92.0 Å². The zero-order chi connectivity index (χ0) is 22.4. The second-order valence-corrected chi connectivity index (χ2v) is 7.30. The largest absolute Gasteiger partial charge is 0.277 e. The van der Waals surface area contributed by atoms with E-state index in [4.69, 9.17) is 11.6 Å². The van der Waals surface area contributed by atoms with Gasteiger partial charge < -0.3 is 0 Å². The van der Waals surface area contributed by atoms with Crippen LogP contribution in [0.2, 0.25) is 5.02 Å². The number of imidazole rings is 1. The first-order chi connectivity index (χ1) is 15.4. The molecule has 0 spiro atoms. The number of hydrogen-bond donors (Lipinski definition) is 0. The Balaban J connectivity index is 1.89. The fraction of sp³-hybridized carbons (Fsp3) is 0. The number of nitro benzene ring substituents is 2. The molecule has 0 fully saturated rings. The smallest absolute Gasteiger partial charge is 0.275 e. The van der Waals surface area contributed by atoms with Gasteiger partial charge in [-0.1, -0.05) is 29.8 Å². The third-order valence-electron chi connectivity index (χ3n) is 4.82. The van der Waals surface area contributed by atoms with E-state index < -0.39 is 21.2 Å². The van der Waals surface area contributed by atoms with Crippen LogP contribution in [0.1, 0.15) is 0 Å². The molecule has 0 aliphatic heterocycles. The summed E-state index contributed by atoms with van der Waals surface area (Å²) in [5.74, 6) is 0.212. The normalized spacial score (nSPS) is 11.2. The van der Waals surface area contributed by atoms with E-state index >= 15 is 0 Å². The third-order valence-corrected chi connectivity index (χ3v) is 5.05. The van der Waals surface area contributed by atoms with Gasteiger partial charge in [-0.15, -0.1) is 0 Å². The predicted octanol–water partition coefficient (Wildman–Crippen LogP) is 5.11. The van der Waals surface area contributed by atoms with E-state index in [2.05, 4.69) is 15.0 Å². The average molecular weight is 447 g/mol. The molecule has 0 atom stereocenters. The van der Waals surface area contributed by atoms with E-state index in [-0.39, 0.29) is 17.0 Å². The van der Waals surface area contributed by atoms with Crippen molar-refractivity contribution in [1.29, 1.82) is 0 Å². The third kappa shape index (κ3) is 3.28. The number of para-hydroxylation sites is 2. The van der Waals surface area contributed by atoms with Crippen LogP contribution >= 0.6 is 11.6 Å². The zero-order valence-electron chi connectivity index (χ0n) is 16.0. The number of nitrogens with zero attached hydrogens (tertiary/aromatic N) is 6. The highest BCUT2D eigenvalue weighted by Crippen LogP contribution is 2.33. The summed E-state index contributed by atoms with van der Waals surface area (Å²) >= 11 is 6.19. The van der Waals surface area contributed by atoms with Crippen molar-refractivity contribution in [1.82, 2.24) is 19.5 Å². The van der Waals surface area contributed by atoms with Gasteiger partial charge in [0.05, 0.1) is 32.6 Å². The molecule has 10 nitrogen and oxygen atoms in total. The van der Waals surface area contributed by atoms with E-state index in [1.165, 1.54) is 12.1 Å². The monoisotopic (exact) mass is 446 g/mol. The molecule has 0 saturated carbocycles. The van der Waals surface area contributed by atoms with E-state index in [1.54, 1.807) is 41.0 Å². The van der Waals surface area contributed by atoms with Crippen molar-refractivity contribution >= 4 is 45.3 Å². The van der Waals surface area contributed by atoms with Crippen LogP contribution in [0.15, 0.2) is 66.7 Å². The number of hydrogen-bond acceptors (Lipinski definition) is 7. The predicted molar refractivity (Wildman–Crippen MR) is 118 cm³/mol. The molecule has 156 valence electrons. The van der Waals surface area contributed by atoms with Crippen LogP contribution < -0.4 is 0 Å². The van der Waals surface area contributed by atoms with Gasteiger partial charge in [-0.3, -0.25) is 24.8 Å².